The molecule has 3 heteroatoms. The first-order chi connectivity index (χ1) is 8.01. The Bertz CT molecular complexity index is 521. The summed E-state index contributed by atoms with van der Waals surface area (Å²) in [6, 6.07) is 9.55. The molecule has 1 N–H and O–H groups in total. The Kier molecular flexibility index (Phi) is 2.94. The van der Waals surface area contributed by atoms with Gasteiger partial charge in [0.2, 0.25) is 0 Å². The Balaban J connectivity index is 2.52. The highest BCUT2D eigenvalue weighted by Crippen LogP contribution is 2.29. The van der Waals surface area contributed by atoms with Crippen LogP contribution in [0.2, 0.25) is 0 Å². The number of hydrogen-bond acceptors (Lipinski definition) is 3. The van der Waals surface area contributed by atoms with Crippen LogP contribution < -0.4 is 0 Å². The molecule has 0 radical (unpaired) electrons. The summed E-state index contributed by atoms with van der Waals surface area (Å²) in [5.41, 5.74) is 1.34. The number of aryl methyl sites for hydroxylation is 2. The molecule has 0 bridgehead atoms. The molecule has 1 atom stereocenters. The van der Waals surface area contributed by atoms with E-state index in [9.17, 15) is 5.11 Å². The van der Waals surface area contributed by atoms with E-state index in [0.717, 1.165) is 22.6 Å². The Morgan fingerprint density at radius 3 is 2.35 bits per heavy atom. The van der Waals surface area contributed by atoms with Crippen molar-refractivity contribution in [3.63, 3.8) is 0 Å². The molecule has 2 aromatic rings. The van der Waals surface area contributed by atoms with Gasteiger partial charge < -0.3 is 5.11 Å². The lowest BCUT2D eigenvalue weighted by molar-refractivity contribution is 0.101. The van der Waals surface area contributed by atoms with Crippen LogP contribution in [0.1, 0.15) is 29.6 Å². The fraction of sp³-hybridized carbons (Fsp3) is 0.286. The van der Waals surface area contributed by atoms with E-state index in [1.807, 2.05) is 44.2 Å². The molecule has 1 heterocycles. The van der Waals surface area contributed by atoms with Gasteiger partial charge >= 0.3 is 0 Å². The lowest BCUT2D eigenvalue weighted by Gasteiger charge is -2.25. The van der Waals surface area contributed by atoms with Crippen LogP contribution in [0.15, 0.2) is 36.5 Å². The molecule has 17 heavy (non-hydrogen) atoms. The van der Waals surface area contributed by atoms with Crippen molar-refractivity contribution < 1.29 is 5.11 Å². The van der Waals surface area contributed by atoms with Crippen LogP contribution in [-0.4, -0.2) is 15.1 Å². The summed E-state index contributed by atoms with van der Waals surface area (Å²) < 4.78 is 0. The number of hydrogen-bond donors (Lipinski definition) is 1. The molecule has 0 spiro atoms. The van der Waals surface area contributed by atoms with Gasteiger partial charge in [-0.25, -0.2) is 9.97 Å². The lowest BCUT2D eigenvalue weighted by atomic mass is 9.88. The summed E-state index contributed by atoms with van der Waals surface area (Å²) in [5.74, 6) is 0.718. The first-order valence-electron chi connectivity index (χ1n) is 5.60. The highest BCUT2D eigenvalue weighted by atomic mass is 16.3. The number of aliphatic hydroxyl groups is 1. The first-order valence-corrected chi connectivity index (χ1v) is 5.60. The zero-order valence-corrected chi connectivity index (χ0v) is 10.3. The molecule has 0 unspecified atom stereocenters. The molecule has 0 aliphatic carbocycles. The second kappa shape index (κ2) is 4.26. The van der Waals surface area contributed by atoms with Gasteiger partial charge in [-0.05, 0) is 26.3 Å². The van der Waals surface area contributed by atoms with Gasteiger partial charge in [0.1, 0.15) is 11.4 Å². The summed E-state index contributed by atoms with van der Waals surface area (Å²) in [4.78, 5) is 8.45. The van der Waals surface area contributed by atoms with Crippen molar-refractivity contribution >= 4 is 0 Å². The standard InChI is InChI=1S/C14H16N2O/c1-10-13(9-15-11(2)16-10)14(3,17)12-7-5-4-6-8-12/h4-9,17H,1-3H3/t14-/m0/s1. The number of nitrogens with zero attached hydrogens (tertiary/aromatic N) is 2. The number of benzene rings is 1. The van der Waals surface area contributed by atoms with Gasteiger partial charge in [0.25, 0.3) is 0 Å². The predicted molar refractivity (Wildman–Crippen MR) is 66.6 cm³/mol. The third-order valence-electron chi connectivity index (χ3n) is 2.96. The van der Waals surface area contributed by atoms with Gasteiger partial charge in [-0.1, -0.05) is 30.3 Å². The monoisotopic (exact) mass is 228 g/mol. The SMILES string of the molecule is Cc1ncc([C@@](C)(O)c2ccccc2)c(C)n1. The van der Waals surface area contributed by atoms with Crippen molar-refractivity contribution in [2.75, 3.05) is 0 Å². The van der Waals surface area contributed by atoms with Crippen LogP contribution in [0.25, 0.3) is 0 Å². The van der Waals surface area contributed by atoms with E-state index in [2.05, 4.69) is 9.97 Å². The van der Waals surface area contributed by atoms with Crippen molar-refractivity contribution in [2.45, 2.75) is 26.4 Å². The molecular weight excluding hydrogens is 212 g/mol. The molecule has 2 rings (SSSR count). The minimum absolute atomic E-state index is 0.718. The molecule has 0 saturated carbocycles. The summed E-state index contributed by atoms with van der Waals surface area (Å²) in [6.07, 6.45) is 1.70. The molecule has 0 aliphatic heterocycles. The van der Waals surface area contributed by atoms with E-state index in [1.165, 1.54) is 0 Å². The van der Waals surface area contributed by atoms with E-state index < -0.39 is 5.60 Å². The summed E-state index contributed by atoms with van der Waals surface area (Å²) in [6.45, 7) is 5.50. The molecule has 0 aliphatic rings. The average molecular weight is 228 g/mol. The summed E-state index contributed by atoms with van der Waals surface area (Å²) in [7, 11) is 0. The maximum atomic E-state index is 10.6. The van der Waals surface area contributed by atoms with Gasteiger partial charge in [0.05, 0.1) is 0 Å². The van der Waals surface area contributed by atoms with E-state index in [1.54, 1.807) is 13.1 Å². The van der Waals surface area contributed by atoms with E-state index >= 15 is 0 Å². The lowest BCUT2D eigenvalue weighted by Crippen LogP contribution is -2.24. The molecule has 1 aromatic heterocycles. The summed E-state index contributed by atoms with van der Waals surface area (Å²) in [5, 5.41) is 10.6. The molecule has 0 saturated heterocycles. The highest BCUT2D eigenvalue weighted by Gasteiger charge is 2.28. The van der Waals surface area contributed by atoms with Crippen LogP contribution >= 0.6 is 0 Å². The van der Waals surface area contributed by atoms with Gasteiger partial charge in [-0.3, -0.25) is 0 Å². The van der Waals surface area contributed by atoms with Gasteiger partial charge in [-0.2, -0.15) is 0 Å². The highest BCUT2D eigenvalue weighted by molar-refractivity contribution is 5.35. The van der Waals surface area contributed by atoms with Crippen molar-refractivity contribution in [1.82, 2.24) is 9.97 Å². The van der Waals surface area contributed by atoms with Crippen LogP contribution in [0.4, 0.5) is 0 Å². The third kappa shape index (κ3) is 2.19. The van der Waals surface area contributed by atoms with Gasteiger partial charge in [-0.15, -0.1) is 0 Å². The van der Waals surface area contributed by atoms with E-state index in [-0.39, 0.29) is 0 Å². The molecular formula is C14H16N2O. The van der Waals surface area contributed by atoms with Crippen molar-refractivity contribution in [3.8, 4) is 0 Å². The largest absolute Gasteiger partial charge is 0.381 e. The fourth-order valence-electron chi connectivity index (χ4n) is 1.98. The van der Waals surface area contributed by atoms with E-state index in [4.69, 9.17) is 0 Å². The Morgan fingerprint density at radius 2 is 1.76 bits per heavy atom. The Hall–Kier alpha value is -1.74. The number of rotatable bonds is 2. The Morgan fingerprint density at radius 1 is 1.12 bits per heavy atom. The molecule has 0 amide bonds. The number of aromatic nitrogens is 2. The van der Waals surface area contributed by atoms with Crippen molar-refractivity contribution in [1.29, 1.82) is 0 Å². The quantitative estimate of drug-likeness (QED) is 0.858. The van der Waals surface area contributed by atoms with Crippen molar-refractivity contribution in [3.05, 3.63) is 59.2 Å². The minimum Gasteiger partial charge on any atom is -0.381 e. The maximum absolute atomic E-state index is 10.6. The topological polar surface area (TPSA) is 46.0 Å². The van der Waals surface area contributed by atoms with Crippen molar-refractivity contribution in [2.24, 2.45) is 0 Å². The smallest absolute Gasteiger partial charge is 0.125 e. The van der Waals surface area contributed by atoms with Gasteiger partial charge in [0.15, 0.2) is 0 Å². The maximum Gasteiger partial charge on any atom is 0.125 e. The zero-order valence-electron chi connectivity index (χ0n) is 10.3. The molecule has 0 fully saturated rings. The fourth-order valence-corrected chi connectivity index (χ4v) is 1.98. The first kappa shape index (κ1) is 11.7. The zero-order chi connectivity index (χ0) is 12.5. The van der Waals surface area contributed by atoms with E-state index in [0.29, 0.717) is 0 Å². The third-order valence-corrected chi connectivity index (χ3v) is 2.96. The molecule has 3 nitrogen and oxygen atoms in total. The second-order valence-electron chi connectivity index (χ2n) is 4.35. The van der Waals surface area contributed by atoms with Gasteiger partial charge in [0, 0.05) is 17.5 Å². The van der Waals surface area contributed by atoms with Crippen LogP contribution in [0.5, 0.6) is 0 Å². The second-order valence-corrected chi connectivity index (χ2v) is 4.35. The summed E-state index contributed by atoms with van der Waals surface area (Å²) >= 11 is 0. The minimum atomic E-state index is -1.06. The average Bonchev–Trinajstić information content (AvgIpc) is 2.29. The molecule has 88 valence electrons. The Labute approximate surface area is 101 Å². The molecule has 1 aromatic carbocycles. The van der Waals surface area contributed by atoms with Crippen LogP contribution in [0.3, 0.4) is 0 Å². The predicted octanol–water partition coefficient (Wildman–Crippen LogP) is 2.35. The normalized spacial score (nSPS) is 14.4. The van der Waals surface area contributed by atoms with Crippen LogP contribution in [0, 0.1) is 13.8 Å². The van der Waals surface area contributed by atoms with Crippen LogP contribution in [-0.2, 0) is 5.60 Å².